The Morgan fingerprint density at radius 1 is 0.966 bits per heavy atom. The second-order valence-corrected chi connectivity index (χ2v) is 7.75. The van der Waals surface area contributed by atoms with E-state index >= 15 is 0 Å². The van der Waals surface area contributed by atoms with E-state index in [2.05, 4.69) is 5.32 Å². The molecule has 6 heteroatoms. The SMILES string of the molecule is C[C@H](NC(=O)Cn1c2ccccc2c(=O)c2ccccc21)c1ccc(Cl)cc1Cl. The van der Waals surface area contributed by atoms with Crippen molar-refractivity contribution in [2.75, 3.05) is 0 Å². The van der Waals surface area contributed by atoms with E-state index in [1.165, 1.54) is 0 Å². The number of para-hydroxylation sites is 2. The van der Waals surface area contributed by atoms with E-state index in [9.17, 15) is 9.59 Å². The molecule has 4 rings (SSSR count). The lowest BCUT2D eigenvalue weighted by molar-refractivity contribution is -0.122. The lowest BCUT2D eigenvalue weighted by atomic mass is 10.1. The van der Waals surface area contributed by atoms with Gasteiger partial charge in [-0.2, -0.15) is 0 Å². The quantitative estimate of drug-likeness (QED) is 0.449. The first-order valence-electron chi connectivity index (χ1n) is 9.20. The molecule has 0 spiro atoms. The number of pyridine rings is 1. The van der Waals surface area contributed by atoms with E-state index in [4.69, 9.17) is 23.2 Å². The van der Waals surface area contributed by atoms with Crippen LogP contribution in [0.25, 0.3) is 21.8 Å². The number of carbonyl (C=O) groups excluding carboxylic acids is 1. The lowest BCUT2D eigenvalue weighted by Crippen LogP contribution is -2.31. The number of fused-ring (bicyclic) bond motifs is 2. The minimum absolute atomic E-state index is 0.0332. The van der Waals surface area contributed by atoms with E-state index in [1.807, 2.05) is 47.9 Å². The molecule has 0 aliphatic carbocycles. The highest BCUT2D eigenvalue weighted by Crippen LogP contribution is 2.26. The van der Waals surface area contributed by atoms with Crippen molar-refractivity contribution in [3.63, 3.8) is 0 Å². The van der Waals surface area contributed by atoms with Gasteiger partial charge >= 0.3 is 0 Å². The van der Waals surface area contributed by atoms with Crippen LogP contribution in [0, 0.1) is 0 Å². The van der Waals surface area contributed by atoms with E-state index < -0.39 is 0 Å². The molecule has 4 aromatic rings. The average Bonchev–Trinajstić information content (AvgIpc) is 2.71. The summed E-state index contributed by atoms with van der Waals surface area (Å²) in [5.74, 6) is -0.178. The molecule has 1 N–H and O–H groups in total. The summed E-state index contributed by atoms with van der Waals surface area (Å²) in [5.41, 5.74) is 2.21. The summed E-state index contributed by atoms with van der Waals surface area (Å²) in [6.45, 7) is 1.95. The number of aromatic nitrogens is 1. The Morgan fingerprint density at radius 3 is 2.14 bits per heavy atom. The highest BCUT2D eigenvalue weighted by atomic mass is 35.5. The van der Waals surface area contributed by atoms with Gasteiger partial charge in [0.05, 0.1) is 17.1 Å². The zero-order valence-electron chi connectivity index (χ0n) is 15.7. The van der Waals surface area contributed by atoms with Crippen LogP contribution >= 0.6 is 23.2 Å². The summed E-state index contributed by atoms with van der Waals surface area (Å²) in [5, 5.41) is 5.21. The van der Waals surface area contributed by atoms with Crippen LogP contribution in [0.1, 0.15) is 18.5 Å². The number of amides is 1. The van der Waals surface area contributed by atoms with Crippen LogP contribution in [0.5, 0.6) is 0 Å². The first-order valence-corrected chi connectivity index (χ1v) is 9.96. The van der Waals surface area contributed by atoms with E-state index in [0.717, 1.165) is 16.6 Å². The zero-order chi connectivity index (χ0) is 20.5. The van der Waals surface area contributed by atoms with Gasteiger partial charge in [0.15, 0.2) is 5.43 Å². The van der Waals surface area contributed by atoms with E-state index in [1.54, 1.807) is 30.3 Å². The Labute approximate surface area is 177 Å². The van der Waals surface area contributed by atoms with Gasteiger partial charge in [0, 0.05) is 20.8 Å². The highest BCUT2D eigenvalue weighted by molar-refractivity contribution is 6.35. The maximum Gasteiger partial charge on any atom is 0.240 e. The van der Waals surface area contributed by atoms with Crippen molar-refractivity contribution in [2.45, 2.75) is 19.5 Å². The molecule has 1 amide bonds. The van der Waals surface area contributed by atoms with Gasteiger partial charge in [-0.1, -0.05) is 53.5 Å². The van der Waals surface area contributed by atoms with Gasteiger partial charge in [-0.3, -0.25) is 9.59 Å². The highest BCUT2D eigenvalue weighted by Gasteiger charge is 2.16. The molecular weight excluding hydrogens is 407 g/mol. The third kappa shape index (κ3) is 3.74. The minimum atomic E-state index is -0.288. The topological polar surface area (TPSA) is 51.1 Å². The van der Waals surface area contributed by atoms with Gasteiger partial charge in [-0.15, -0.1) is 0 Å². The summed E-state index contributed by atoms with van der Waals surface area (Å²) >= 11 is 12.2. The van der Waals surface area contributed by atoms with Crippen LogP contribution in [0.3, 0.4) is 0 Å². The van der Waals surface area contributed by atoms with Crippen LogP contribution in [-0.2, 0) is 11.3 Å². The molecule has 0 unspecified atom stereocenters. The molecule has 0 radical (unpaired) electrons. The Morgan fingerprint density at radius 2 is 1.55 bits per heavy atom. The summed E-state index contributed by atoms with van der Waals surface area (Å²) < 4.78 is 1.87. The molecule has 4 nitrogen and oxygen atoms in total. The monoisotopic (exact) mass is 424 g/mol. The largest absolute Gasteiger partial charge is 0.348 e. The molecule has 0 aliphatic heterocycles. The number of hydrogen-bond donors (Lipinski definition) is 1. The number of nitrogens with one attached hydrogen (secondary N) is 1. The number of nitrogens with zero attached hydrogens (tertiary/aromatic N) is 1. The fraction of sp³-hybridized carbons (Fsp3) is 0.130. The van der Waals surface area contributed by atoms with Crippen LogP contribution < -0.4 is 10.7 Å². The molecule has 0 saturated heterocycles. The normalized spacial score (nSPS) is 12.2. The van der Waals surface area contributed by atoms with Gasteiger partial charge in [0.1, 0.15) is 6.54 Å². The molecular formula is C23H18Cl2N2O2. The molecule has 29 heavy (non-hydrogen) atoms. The predicted octanol–water partition coefficient (Wildman–Crippen LogP) is 5.34. The first-order chi connectivity index (χ1) is 14.0. The molecule has 1 atom stereocenters. The van der Waals surface area contributed by atoms with Crippen LogP contribution in [0.15, 0.2) is 71.5 Å². The number of rotatable bonds is 4. The number of benzene rings is 3. The summed E-state index contributed by atoms with van der Waals surface area (Å²) in [7, 11) is 0. The maximum atomic E-state index is 12.9. The van der Waals surface area contributed by atoms with Gasteiger partial charge < -0.3 is 9.88 Å². The number of hydrogen-bond acceptors (Lipinski definition) is 2. The van der Waals surface area contributed by atoms with Crippen LogP contribution in [0.2, 0.25) is 10.0 Å². The molecule has 0 fully saturated rings. The fourth-order valence-electron chi connectivity index (χ4n) is 3.61. The van der Waals surface area contributed by atoms with Crippen molar-refractivity contribution in [1.82, 2.24) is 9.88 Å². The first kappa shape index (κ1) is 19.5. The van der Waals surface area contributed by atoms with Crippen LogP contribution in [0.4, 0.5) is 0 Å². The van der Waals surface area contributed by atoms with Crippen molar-refractivity contribution in [3.05, 3.63) is 92.6 Å². The van der Waals surface area contributed by atoms with Crippen molar-refractivity contribution >= 4 is 50.9 Å². The second-order valence-electron chi connectivity index (χ2n) is 6.90. The van der Waals surface area contributed by atoms with E-state index in [0.29, 0.717) is 20.8 Å². The van der Waals surface area contributed by atoms with Gasteiger partial charge in [-0.05, 0) is 48.9 Å². The van der Waals surface area contributed by atoms with Crippen molar-refractivity contribution in [2.24, 2.45) is 0 Å². The predicted molar refractivity (Wildman–Crippen MR) is 119 cm³/mol. The van der Waals surface area contributed by atoms with Crippen molar-refractivity contribution < 1.29 is 4.79 Å². The van der Waals surface area contributed by atoms with Gasteiger partial charge in [0.25, 0.3) is 0 Å². The minimum Gasteiger partial charge on any atom is -0.348 e. The molecule has 146 valence electrons. The Balaban J connectivity index is 1.71. The number of halogens is 2. The molecule has 1 aromatic heterocycles. The maximum absolute atomic E-state index is 12.9. The standard InChI is InChI=1S/C23H18Cl2N2O2/c1-14(16-11-10-15(24)12-19(16)25)26-22(28)13-27-20-8-4-2-6-17(20)23(29)18-7-3-5-9-21(18)27/h2-12,14H,13H2,1H3,(H,26,28)/t14-/m0/s1. The van der Waals surface area contributed by atoms with Crippen molar-refractivity contribution in [3.8, 4) is 0 Å². The average molecular weight is 425 g/mol. The summed E-state index contributed by atoms with van der Waals surface area (Å²) in [6.07, 6.45) is 0. The third-order valence-corrected chi connectivity index (χ3v) is 5.55. The van der Waals surface area contributed by atoms with E-state index in [-0.39, 0.29) is 23.9 Å². The molecule has 0 bridgehead atoms. The summed E-state index contributed by atoms with van der Waals surface area (Å²) in [6, 6.07) is 19.6. The zero-order valence-corrected chi connectivity index (χ0v) is 17.2. The summed E-state index contributed by atoms with van der Waals surface area (Å²) in [4.78, 5) is 25.7. The van der Waals surface area contributed by atoms with Crippen molar-refractivity contribution in [1.29, 1.82) is 0 Å². The number of carbonyl (C=O) groups is 1. The van der Waals surface area contributed by atoms with Gasteiger partial charge in [0.2, 0.25) is 5.91 Å². The Kier molecular flexibility index (Phi) is 5.31. The lowest BCUT2D eigenvalue weighted by Gasteiger charge is -2.19. The smallest absolute Gasteiger partial charge is 0.240 e. The molecule has 0 saturated carbocycles. The second kappa shape index (κ2) is 7.90. The Hall–Kier alpha value is -2.82. The molecule has 0 aliphatic rings. The third-order valence-electron chi connectivity index (χ3n) is 4.99. The fourth-order valence-corrected chi connectivity index (χ4v) is 4.18. The van der Waals surface area contributed by atoms with Crippen LogP contribution in [-0.4, -0.2) is 10.5 Å². The molecule has 1 heterocycles. The van der Waals surface area contributed by atoms with Gasteiger partial charge in [-0.25, -0.2) is 0 Å². The Bertz CT molecular complexity index is 1240. The molecule has 3 aromatic carbocycles.